The van der Waals surface area contributed by atoms with Crippen molar-refractivity contribution in [2.75, 3.05) is 38.6 Å². The van der Waals surface area contributed by atoms with Crippen LogP contribution in [0.3, 0.4) is 0 Å². The van der Waals surface area contributed by atoms with E-state index in [4.69, 9.17) is 67.6 Å². The maximum atomic E-state index is 11.3. The number of aliphatic hydroxyl groups is 7. The van der Waals surface area contributed by atoms with E-state index in [0.717, 1.165) is 5.56 Å². The number of hydrogen-bond donors (Lipinski definition) is 14. The van der Waals surface area contributed by atoms with Gasteiger partial charge in [-0.15, -0.1) is 0 Å². The second-order valence-corrected chi connectivity index (χ2v) is 13.8. The molecule has 4 aliphatic rings. The minimum atomic E-state index is -1.53. The molecule has 0 spiro atoms. The van der Waals surface area contributed by atoms with E-state index in [2.05, 4.69) is 10.3 Å². The van der Waals surface area contributed by atoms with Crippen LogP contribution in [0.25, 0.3) is 0 Å². The number of anilines is 1. The van der Waals surface area contributed by atoms with Gasteiger partial charge in [-0.05, 0) is 24.1 Å². The van der Waals surface area contributed by atoms with Gasteiger partial charge in [-0.3, -0.25) is 0 Å². The summed E-state index contributed by atoms with van der Waals surface area (Å²) in [5.74, 6) is 0.363. The molecule has 22 nitrogen and oxygen atoms in total. The minimum absolute atomic E-state index is 0.0382. The van der Waals surface area contributed by atoms with Crippen LogP contribution in [0, 0.1) is 0 Å². The molecule has 20 N–H and O–H groups in total. The van der Waals surface area contributed by atoms with Crippen molar-refractivity contribution in [3.8, 4) is 0 Å². The molecule has 5 rings (SSSR count). The first-order chi connectivity index (χ1) is 25.3. The van der Waals surface area contributed by atoms with Gasteiger partial charge in [0, 0.05) is 37.9 Å². The smallest absolute Gasteiger partial charge is 0.187 e. The van der Waals surface area contributed by atoms with Gasteiger partial charge in [0.25, 0.3) is 0 Å². The molecule has 1 aromatic rings. The van der Waals surface area contributed by atoms with Gasteiger partial charge in [0.2, 0.25) is 0 Å². The van der Waals surface area contributed by atoms with E-state index < -0.39 is 129 Å². The van der Waals surface area contributed by atoms with Crippen LogP contribution in [0.2, 0.25) is 0 Å². The van der Waals surface area contributed by atoms with Gasteiger partial charge in [-0.2, -0.15) is 0 Å². The lowest BCUT2D eigenvalue weighted by atomic mass is 9.84. The van der Waals surface area contributed by atoms with Crippen molar-refractivity contribution in [3.05, 3.63) is 23.9 Å². The molecule has 1 aromatic heterocycles. The number of aromatic nitrogens is 1. The van der Waals surface area contributed by atoms with E-state index in [-0.39, 0.29) is 19.6 Å². The van der Waals surface area contributed by atoms with Crippen LogP contribution in [-0.4, -0.2) is 190 Å². The van der Waals surface area contributed by atoms with Gasteiger partial charge in [0.1, 0.15) is 73.0 Å². The Morgan fingerprint density at radius 2 is 1.30 bits per heavy atom. The Morgan fingerprint density at radius 1 is 0.717 bits per heavy atom. The summed E-state index contributed by atoms with van der Waals surface area (Å²) in [6, 6.07) is -0.793. The molecule has 22 heteroatoms. The second-order valence-electron chi connectivity index (χ2n) is 13.8. The molecule has 1 aliphatic carbocycles. The highest BCUT2D eigenvalue weighted by Crippen LogP contribution is 2.35. The molecule has 0 aromatic carbocycles. The molecule has 53 heavy (non-hydrogen) atoms. The highest BCUT2D eigenvalue weighted by Gasteiger charge is 2.55. The van der Waals surface area contributed by atoms with E-state index in [1.54, 1.807) is 18.3 Å². The third-order valence-electron chi connectivity index (χ3n) is 10.1. The number of rotatable bonds is 15. The van der Waals surface area contributed by atoms with E-state index in [9.17, 15) is 35.7 Å². The number of ether oxygens (including phenoxy) is 7. The van der Waals surface area contributed by atoms with Gasteiger partial charge in [-0.1, -0.05) is 0 Å². The molecule has 0 radical (unpaired) electrons. The van der Waals surface area contributed by atoms with Crippen LogP contribution < -0.4 is 39.7 Å². The number of nitrogens with zero attached hydrogens (tertiary/aromatic N) is 1. The molecular formula is C31H56N8O14. The van der Waals surface area contributed by atoms with Crippen molar-refractivity contribution in [1.82, 2.24) is 10.3 Å². The average Bonchev–Trinajstić information content (AvgIpc) is 3.46. The summed E-state index contributed by atoms with van der Waals surface area (Å²) in [6.07, 6.45) is -18.1. The monoisotopic (exact) mass is 764 g/mol. The molecule has 3 saturated heterocycles. The van der Waals surface area contributed by atoms with Crippen LogP contribution in [0.15, 0.2) is 18.3 Å². The van der Waals surface area contributed by atoms with Gasteiger partial charge in [-0.25, -0.2) is 4.98 Å². The van der Waals surface area contributed by atoms with E-state index in [1.165, 1.54) is 0 Å². The van der Waals surface area contributed by atoms with Crippen LogP contribution in [0.5, 0.6) is 0 Å². The topological polar surface area (TPSA) is 387 Å². The van der Waals surface area contributed by atoms with Crippen molar-refractivity contribution in [2.24, 2.45) is 28.7 Å². The number of nitrogen functional groups attached to an aromatic ring is 1. The Labute approximate surface area is 305 Å². The number of pyridine rings is 1. The molecule has 19 atom stereocenters. The Kier molecular flexibility index (Phi) is 15.0. The standard InChI is InChI=1S/C31H56N8O14/c32-7-14-21(43)23(45)18(36)29(48-14)52-26-16(10-41)50-31(28(26)47-4-3-38-8-11-1-2-39-17(35)5-11)53-27-20(42)12(33)6-13(34)25(27)51-30-19(37)24(46)22(44)15(9-40)49-30/h1-2,5,12-16,18-31,38,40-46H,3-4,6-10,32-34,36-37H2,(H2,35,39)/t12-,13+,14+,15-,16-,18-,19-,20+,21-,22-,23-,24-,25-,26-,27-,28-,29-,30-,31+/m1/s1. The first kappa shape index (κ1) is 42.3. The third kappa shape index (κ3) is 9.58. The largest absolute Gasteiger partial charge is 0.394 e. The molecular weight excluding hydrogens is 708 g/mol. The summed E-state index contributed by atoms with van der Waals surface area (Å²) in [7, 11) is 0. The summed E-state index contributed by atoms with van der Waals surface area (Å²) in [5, 5.41) is 76.5. The summed E-state index contributed by atoms with van der Waals surface area (Å²) in [5.41, 5.74) is 37.4. The molecule has 304 valence electrons. The van der Waals surface area contributed by atoms with Crippen molar-refractivity contribution < 1.29 is 68.9 Å². The lowest BCUT2D eigenvalue weighted by Crippen LogP contribution is -2.68. The van der Waals surface area contributed by atoms with Crippen molar-refractivity contribution in [1.29, 1.82) is 0 Å². The molecule has 1 saturated carbocycles. The lowest BCUT2D eigenvalue weighted by Gasteiger charge is -2.47. The van der Waals surface area contributed by atoms with Gasteiger partial charge < -0.3 is 109 Å². The number of hydrogen-bond acceptors (Lipinski definition) is 22. The predicted octanol–water partition coefficient (Wildman–Crippen LogP) is -8.07. The minimum Gasteiger partial charge on any atom is -0.394 e. The average molecular weight is 765 g/mol. The summed E-state index contributed by atoms with van der Waals surface area (Å²) in [6.45, 7) is -0.669. The normalized spacial score (nSPS) is 45.0. The molecule has 4 heterocycles. The maximum absolute atomic E-state index is 11.3. The number of nitrogens with two attached hydrogens (primary N) is 6. The Balaban J connectivity index is 1.36. The highest BCUT2D eigenvalue weighted by molar-refractivity contribution is 5.31. The maximum Gasteiger partial charge on any atom is 0.187 e. The zero-order chi connectivity index (χ0) is 38.6. The lowest BCUT2D eigenvalue weighted by molar-refractivity contribution is -0.311. The van der Waals surface area contributed by atoms with Crippen LogP contribution >= 0.6 is 0 Å². The predicted molar refractivity (Wildman–Crippen MR) is 180 cm³/mol. The fourth-order valence-electron chi connectivity index (χ4n) is 6.96. The second kappa shape index (κ2) is 18.9. The van der Waals surface area contributed by atoms with E-state index in [0.29, 0.717) is 18.9 Å². The van der Waals surface area contributed by atoms with Crippen molar-refractivity contribution in [2.45, 2.75) is 129 Å². The van der Waals surface area contributed by atoms with Crippen molar-refractivity contribution >= 4 is 5.82 Å². The Bertz CT molecular complexity index is 1280. The molecule has 4 fully saturated rings. The quantitative estimate of drug-likeness (QED) is 0.0737. The summed E-state index contributed by atoms with van der Waals surface area (Å²) < 4.78 is 42.5. The van der Waals surface area contributed by atoms with Gasteiger partial charge in [0.15, 0.2) is 18.9 Å². The molecule has 0 bridgehead atoms. The van der Waals surface area contributed by atoms with Crippen LogP contribution in [0.1, 0.15) is 12.0 Å². The summed E-state index contributed by atoms with van der Waals surface area (Å²) in [4.78, 5) is 3.98. The Hall–Kier alpha value is -1.85. The van der Waals surface area contributed by atoms with Crippen LogP contribution in [0.4, 0.5) is 5.82 Å². The fraction of sp³-hybridized carbons (Fsp3) is 0.839. The zero-order valence-electron chi connectivity index (χ0n) is 29.1. The Morgan fingerprint density at radius 3 is 1.92 bits per heavy atom. The highest BCUT2D eigenvalue weighted by atomic mass is 16.8. The van der Waals surface area contributed by atoms with Crippen LogP contribution in [-0.2, 0) is 39.7 Å². The molecule has 0 unspecified atom stereocenters. The van der Waals surface area contributed by atoms with E-state index >= 15 is 0 Å². The fourth-order valence-corrected chi connectivity index (χ4v) is 6.96. The first-order valence-electron chi connectivity index (χ1n) is 17.6. The van der Waals surface area contributed by atoms with Gasteiger partial charge >= 0.3 is 0 Å². The summed E-state index contributed by atoms with van der Waals surface area (Å²) >= 11 is 0. The molecule has 3 aliphatic heterocycles. The molecule has 0 amide bonds. The zero-order valence-corrected chi connectivity index (χ0v) is 29.1. The van der Waals surface area contributed by atoms with Gasteiger partial charge in [0.05, 0.1) is 38.0 Å². The number of aliphatic hydroxyl groups excluding tert-OH is 7. The van der Waals surface area contributed by atoms with Crippen molar-refractivity contribution in [3.63, 3.8) is 0 Å². The SMILES string of the molecule is NC[C@@H]1O[C@H](O[C@H]2[C@@H](OCCNCc3ccnc(N)c3)[C@H](O[C@@H]3[C@@H](O)[C@H](N)C[C@H](N)[C@H]3O[C@H]3O[C@H](CO)[C@@H](O)[C@H](O)[C@H]3N)O[C@@H]2CO)[C@H](N)[C@@H](O)[C@@H]1O. The third-order valence-corrected chi connectivity index (χ3v) is 10.1. The van der Waals surface area contributed by atoms with E-state index in [1.807, 2.05) is 0 Å². The first-order valence-corrected chi connectivity index (χ1v) is 17.6. The number of nitrogens with one attached hydrogen (secondary N) is 1.